The number of rotatable bonds is 9. The van der Waals surface area contributed by atoms with Crippen LogP contribution in [0.5, 0.6) is 0 Å². The molecule has 0 N–H and O–H groups in total. The van der Waals surface area contributed by atoms with Gasteiger partial charge in [0.15, 0.2) is 11.6 Å². The summed E-state index contributed by atoms with van der Waals surface area (Å²) in [6.07, 6.45) is 1.13. The summed E-state index contributed by atoms with van der Waals surface area (Å²) < 4.78 is 7.33. The number of ether oxygens (including phenoxy) is 1. The highest BCUT2D eigenvalue weighted by atomic mass is 35.5. The molecular weight excluding hydrogens is 472 g/mol. The number of carbonyl (C=O) groups is 2. The molecule has 34 heavy (non-hydrogen) atoms. The summed E-state index contributed by atoms with van der Waals surface area (Å²) in [4.78, 5) is 30.2. The van der Waals surface area contributed by atoms with Crippen LogP contribution in [0.4, 0.5) is 0 Å². The quantitative estimate of drug-likeness (QED) is 0.381. The number of thiophene rings is 1. The lowest BCUT2D eigenvalue weighted by Crippen LogP contribution is -2.12. The van der Waals surface area contributed by atoms with Crippen molar-refractivity contribution < 1.29 is 14.3 Å². The normalized spacial score (nSPS) is 14.9. The maximum atomic E-state index is 12.9. The van der Waals surface area contributed by atoms with E-state index in [9.17, 15) is 9.59 Å². The second kappa shape index (κ2) is 10.3. The minimum atomic E-state index is -0.461. The summed E-state index contributed by atoms with van der Waals surface area (Å²) in [7, 11) is 0. The van der Waals surface area contributed by atoms with E-state index in [0.29, 0.717) is 30.3 Å². The molecule has 1 aliphatic rings. The molecule has 0 spiro atoms. The van der Waals surface area contributed by atoms with Crippen molar-refractivity contribution in [3.8, 4) is 5.00 Å². The fraction of sp³-hybridized carbons (Fsp3) is 0.400. The van der Waals surface area contributed by atoms with Gasteiger partial charge in [0.05, 0.1) is 5.71 Å². The van der Waals surface area contributed by atoms with E-state index in [1.54, 1.807) is 11.3 Å². The molecule has 1 atom stereocenters. The highest BCUT2D eigenvalue weighted by Gasteiger charge is 2.32. The summed E-state index contributed by atoms with van der Waals surface area (Å²) in [6, 6.07) is 7.16. The van der Waals surface area contributed by atoms with Crippen molar-refractivity contribution in [1.29, 1.82) is 0 Å². The lowest BCUT2D eigenvalue weighted by atomic mass is 9.99. The number of nitrogens with zero attached hydrogens (tertiary/aromatic N) is 4. The van der Waals surface area contributed by atoms with Crippen molar-refractivity contribution in [3.05, 3.63) is 62.5 Å². The van der Waals surface area contributed by atoms with Crippen LogP contribution in [0.1, 0.15) is 65.4 Å². The van der Waals surface area contributed by atoms with Gasteiger partial charge in [-0.1, -0.05) is 23.7 Å². The molecule has 0 radical (unpaired) electrons. The third-order valence-corrected chi connectivity index (χ3v) is 7.27. The number of aryl methyl sites for hydroxylation is 2. The Morgan fingerprint density at radius 3 is 2.59 bits per heavy atom. The van der Waals surface area contributed by atoms with Gasteiger partial charge in [0.2, 0.25) is 0 Å². The number of halogens is 1. The van der Waals surface area contributed by atoms with E-state index in [-0.39, 0.29) is 24.6 Å². The second-order valence-corrected chi connectivity index (χ2v) is 10.1. The molecule has 0 fully saturated rings. The summed E-state index contributed by atoms with van der Waals surface area (Å²) in [5.41, 5.74) is 3.97. The molecule has 3 aromatic rings. The maximum Gasteiger partial charge on any atom is 0.163 e. The standard InChI is InChI=1S/C25H27ClN4O3S/c1-14(31)13-33-11-5-6-20(32)12-21-24-29-28-17(4)30(24)25-22(15(2)16(3)34-25)23(27-21)18-7-9-19(26)10-8-18/h7-10,21H,5-6,11-13H2,1-4H3/t21-/m0/s1. The summed E-state index contributed by atoms with van der Waals surface area (Å²) in [5, 5.41) is 10.4. The zero-order valence-corrected chi connectivity index (χ0v) is 21.3. The van der Waals surface area contributed by atoms with Gasteiger partial charge in [0.1, 0.15) is 29.3 Å². The Kier molecular flexibility index (Phi) is 7.40. The molecule has 0 unspecified atom stereocenters. The van der Waals surface area contributed by atoms with Crippen LogP contribution in [0.15, 0.2) is 29.3 Å². The van der Waals surface area contributed by atoms with Gasteiger partial charge in [0.25, 0.3) is 0 Å². The Balaban J connectivity index is 1.69. The molecule has 0 amide bonds. The van der Waals surface area contributed by atoms with Crippen molar-refractivity contribution in [2.45, 2.75) is 53.0 Å². The lowest BCUT2D eigenvalue weighted by Gasteiger charge is -2.12. The van der Waals surface area contributed by atoms with Gasteiger partial charge in [-0.2, -0.15) is 0 Å². The molecule has 0 saturated carbocycles. The molecule has 1 aliphatic heterocycles. The minimum absolute atomic E-state index is 0.0263. The fourth-order valence-corrected chi connectivity index (χ4v) is 5.38. The average molecular weight is 499 g/mol. The Bertz CT molecular complexity index is 1260. The Morgan fingerprint density at radius 2 is 1.88 bits per heavy atom. The van der Waals surface area contributed by atoms with Gasteiger partial charge in [-0.3, -0.25) is 19.1 Å². The number of carbonyl (C=O) groups excluding carboxylic acids is 2. The van der Waals surface area contributed by atoms with Crippen LogP contribution in [-0.2, 0) is 14.3 Å². The van der Waals surface area contributed by atoms with E-state index in [4.69, 9.17) is 21.3 Å². The molecule has 2 aromatic heterocycles. The number of fused-ring (bicyclic) bond motifs is 3. The van der Waals surface area contributed by atoms with Crippen molar-refractivity contribution in [2.75, 3.05) is 13.2 Å². The summed E-state index contributed by atoms with van der Waals surface area (Å²) >= 11 is 7.83. The van der Waals surface area contributed by atoms with Crippen LogP contribution < -0.4 is 0 Å². The first-order valence-electron chi connectivity index (χ1n) is 11.2. The molecule has 0 saturated heterocycles. The molecule has 1 aromatic carbocycles. The Labute approximate surface area is 207 Å². The van der Waals surface area contributed by atoms with E-state index in [0.717, 1.165) is 33.2 Å². The predicted molar refractivity (Wildman–Crippen MR) is 134 cm³/mol. The highest BCUT2D eigenvalue weighted by molar-refractivity contribution is 7.15. The fourth-order valence-electron chi connectivity index (χ4n) is 4.04. The van der Waals surface area contributed by atoms with Gasteiger partial charge in [-0.05, 0) is 51.8 Å². The number of aromatic nitrogens is 3. The number of ketones is 2. The van der Waals surface area contributed by atoms with E-state index >= 15 is 0 Å². The molecular formula is C25H27ClN4O3S. The highest BCUT2D eigenvalue weighted by Crippen LogP contribution is 2.39. The van der Waals surface area contributed by atoms with E-state index in [1.165, 1.54) is 11.8 Å². The number of hydrogen-bond acceptors (Lipinski definition) is 7. The van der Waals surface area contributed by atoms with E-state index in [2.05, 4.69) is 24.0 Å². The molecule has 4 rings (SSSR count). The predicted octanol–water partition coefficient (Wildman–Crippen LogP) is 5.14. The summed E-state index contributed by atoms with van der Waals surface area (Å²) in [6.45, 7) is 8.05. The zero-order chi connectivity index (χ0) is 24.4. The molecule has 0 bridgehead atoms. The zero-order valence-electron chi connectivity index (χ0n) is 19.7. The van der Waals surface area contributed by atoms with Crippen molar-refractivity contribution in [1.82, 2.24) is 14.8 Å². The first kappa shape index (κ1) is 24.4. The monoisotopic (exact) mass is 498 g/mol. The topological polar surface area (TPSA) is 86.4 Å². The average Bonchev–Trinajstić information content (AvgIpc) is 3.26. The van der Waals surface area contributed by atoms with Crippen molar-refractivity contribution in [2.24, 2.45) is 4.99 Å². The van der Waals surface area contributed by atoms with Crippen molar-refractivity contribution in [3.63, 3.8) is 0 Å². The van der Waals surface area contributed by atoms with Gasteiger partial charge in [0, 0.05) is 40.5 Å². The van der Waals surface area contributed by atoms with Gasteiger partial charge < -0.3 is 4.74 Å². The third-order valence-electron chi connectivity index (χ3n) is 5.83. The largest absolute Gasteiger partial charge is 0.374 e. The van der Waals surface area contributed by atoms with E-state index < -0.39 is 6.04 Å². The van der Waals surface area contributed by atoms with Gasteiger partial charge >= 0.3 is 0 Å². The SMILES string of the molecule is CC(=O)COCCCC(=O)C[C@@H]1N=C(c2ccc(Cl)cc2)c2c(sc(C)c2C)-n2c(C)nnc21. The lowest BCUT2D eigenvalue weighted by molar-refractivity contribution is -0.121. The second-order valence-electron chi connectivity index (χ2n) is 8.51. The molecule has 178 valence electrons. The van der Waals surface area contributed by atoms with Crippen LogP contribution in [0.25, 0.3) is 5.00 Å². The maximum absolute atomic E-state index is 12.9. The molecule has 7 nitrogen and oxygen atoms in total. The van der Waals surface area contributed by atoms with Gasteiger partial charge in [-0.25, -0.2) is 0 Å². The van der Waals surface area contributed by atoms with Crippen LogP contribution in [0.2, 0.25) is 5.02 Å². The van der Waals surface area contributed by atoms with Crippen LogP contribution in [0.3, 0.4) is 0 Å². The molecule has 9 heteroatoms. The smallest absolute Gasteiger partial charge is 0.163 e. The Hall–Kier alpha value is -2.68. The minimum Gasteiger partial charge on any atom is -0.374 e. The van der Waals surface area contributed by atoms with Crippen LogP contribution in [-0.4, -0.2) is 45.3 Å². The Morgan fingerprint density at radius 1 is 1.15 bits per heavy atom. The summed E-state index contributed by atoms with van der Waals surface area (Å²) in [5.74, 6) is 1.48. The molecule has 3 heterocycles. The van der Waals surface area contributed by atoms with E-state index in [1.807, 2.05) is 35.8 Å². The van der Waals surface area contributed by atoms with Crippen LogP contribution in [0, 0.1) is 20.8 Å². The first-order chi connectivity index (χ1) is 16.3. The number of Topliss-reactive ketones (excluding diaryl/α,β-unsaturated/α-hetero) is 2. The first-order valence-corrected chi connectivity index (χ1v) is 12.4. The molecule has 0 aliphatic carbocycles. The number of aliphatic imine (C=N–C) groups is 1. The number of benzene rings is 1. The number of hydrogen-bond donors (Lipinski definition) is 0. The third kappa shape index (κ3) is 5.04. The van der Waals surface area contributed by atoms with Crippen LogP contribution >= 0.6 is 22.9 Å². The van der Waals surface area contributed by atoms with Crippen molar-refractivity contribution >= 4 is 40.2 Å². The van der Waals surface area contributed by atoms with Gasteiger partial charge in [-0.15, -0.1) is 21.5 Å².